The summed E-state index contributed by atoms with van der Waals surface area (Å²) in [6, 6.07) is 2.20. The Balaban J connectivity index is 2.14. The van der Waals surface area contributed by atoms with Crippen LogP contribution in [0.25, 0.3) is 0 Å². The third kappa shape index (κ3) is 4.28. The molecule has 6 nitrogen and oxygen atoms in total. The first-order chi connectivity index (χ1) is 9.90. The number of nitrogens with two attached hydrogens (primary N) is 1. The maximum atomic E-state index is 5.52. The van der Waals surface area contributed by atoms with Gasteiger partial charge in [0.1, 0.15) is 17.5 Å². The van der Waals surface area contributed by atoms with E-state index in [-0.39, 0.29) is 5.41 Å². The lowest BCUT2D eigenvalue weighted by Gasteiger charge is -2.29. The highest BCUT2D eigenvalue weighted by Gasteiger charge is 2.23. The minimum Gasteiger partial charge on any atom is -0.381 e. The summed E-state index contributed by atoms with van der Waals surface area (Å²) in [4.78, 5) is 9.07. The molecule has 1 aliphatic heterocycles. The summed E-state index contributed by atoms with van der Waals surface area (Å²) in [7, 11) is 0. The lowest BCUT2D eigenvalue weighted by atomic mass is 9.93. The molecule has 0 aliphatic carbocycles. The lowest BCUT2D eigenvalue weighted by molar-refractivity contribution is 0.0622. The van der Waals surface area contributed by atoms with Gasteiger partial charge in [0, 0.05) is 30.7 Å². The zero-order chi connectivity index (χ0) is 15.5. The van der Waals surface area contributed by atoms with Gasteiger partial charge < -0.3 is 15.5 Å². The average molecular weight is 293 g/mol. The second kappa shape index (κ2) is 6.58. The first-order valence-corrected chi connectivity index (χ1v) is 7.60. The number of nitrogen functional groups attached to an aromatic ring is 1. The number of hydrazine groups is 1. The lowest BCUT2D eigenvalue weighted by Crippen LogP contribution is -2.31. The van der Waals surface area contributed by atoms with Gasteiger partial charge in [-0.3, -0.25) is 0 Å². The van der Waals surface area contributed by atoms with Gasteiger partial charge in [0.2, 0.25) is 0 Å². The summed E-state index contributed by atoms with van der Waals surface area (Å²) in [5.74, 6) is 8.37. The Kier molecular flexibility index (Phi) is 5.00. The molecule has 0 spiro atoms. The van der Waals surface area contributed by atoms with Crippen molar-refractivity contribution < 1.29 is 4.74 Å². The summed E-state index contributed by atoms with van der Waals surface area (Å²) >= 11 is 0. The topological polar surface area (TPSA) is 85.1 Å². The fourth-order valence-corrected chi connectivity index (χ4v) is 2.50. The number of hydrogen-bond acceptors (Lipinski definition) is 6. The highest BCUT2D eigenvalue weighted by atomic mass is 16.5. The van der Waals surface area contributed by atoms with Crippen LogP contribution in [-0.4, -0.2) is 29.2 Å². The van der Waals surface area contributed by atoms with Crippen LogP contribution in [0.15, 0.2) is 6.07 Å². The monoisotopic (exact) mass is 293 g/mol. The highest BCUT2D eigenvalue weighted by molar-refractivity contribution is 5.48. The molecular formula is C15H27N5O. The first-order valence-electron chi connectivity index (χ1n) is 7.60. The third-order valence-corrected chi connectivity index (χ3v) is 3.89. The van der Waals surface area contributed by atoms with Gasteiger partial charge in [0.15, 0.2) is 0 Å². The zero-order valence-electron chi connectivity index (χ0n) is 13.4. The minimum absolute atomic E-state index is 0.120. The van der Waals surface area contributed by atoms with Crippen LogP contribution in [0.1, 0.15) is 46.4 Å². The molecule has 1 aliphatic rings. The summed E-state index contributed by atoms with van der Waals surface area (Å²) < 4.78 is 5.42. The summed E-state index contributed by atoms with van der Waals surface area (Å²) in [5, 5.41) is 3.50. The van der Waals surface area contributed by atoms with Crippen molar-refractivity contribution in [3.05, 3.63) is 11.9 Å². The maximum absolute atomic E-state index is 5.52. The SMILES string of the molecule is CC(Nc1cc(NN)nc(C(C)(C)C)n1)C1CCOCC1. The standard InChI is InChI=1S/C15H27N5O/c1-10(11-5-7-21-8-6-11)17-12-9-13(20-16)19-14(18-12)15(2,3)4/h9-11H,5-8,16H2,1-4H3,(H2,17,18,19,20). The van der Waals surface area contributed by atoms with Crippen LogP contribution in [0.4, 0.5) is 11.6 Å². The molecule has 0 aromatic carbocycles. The molecule has 1 unspecified atom stereocenters. The molecule has 4 N–H and O–H groups in total. The Bertz CT molecular complexity index is 466. The van der Waals surface area contributed by atoms with Gasteiger partial charge in [-0.2, -0.15) is 0 Å². The maximum Gasteiger partial charge on any atom is 0.145 e. The van der Waals surface area contributed by atoms with Gasteiger partial charge in [-0.15, -0.1) is 0 Å². The Morgan fingerprint density at radius 2 is 1.86 bits per heavy atom. The van der Waals surface area contributed by atoms with Gasteiger partial charge in [0.05, 0.1) is 0 Å². The van der Waals surface area contributed by atoms with Gasteiger partial charge in [0.25, 0.3) is 0 Å². The van der Waals surface area contributed by atoms with Crippen molar-refractivity contribution >= 4 is 11.6 Å². The van der Waals surface area contributed by atoms with E-state index < -0.39 is 0 Å². The van der Waals surface area contributed by atoms with Crippen LogP contribution in [0.3, 0.4) is 0 Å². The van der Waals surface area contributed by atoms with Gasteiger partial charge in [-0.25, -0.2) is 15.8 Å². The predicted molar refractivity (Wildman–Crippen MR) is 85.2 cm³/mol. The molecule has 0 saturated carbocycles. The number of ether oxygens (including phenoxy) is 1. The molecule has 2 rings (SSSR count). The molecule has 118 valence electrons. The number of hydrogen-bond donors (Lipinski definition) is 3. The van der Waals surface area contributed by atoms with E-state index in [9.17, 15) is 0 Å². The zero-order valence-corrected chi connectivity index (χ0v) is 13.4. The van der Waals surface area contributed by atoms with Crippen molar-refractivity contribution in [1.29, 1.82) is 0 Å². The molecule has 0 radical (unpaired) electrons. The molecule has 2 heterocycles. The Hall–Kier alpha value is -1.40. The van der Waals surface area contributed by atoms with Crippen molar-refractivity contribution in [2.24, 2.45) is 11.8 Å². The predicted octanol–water partition coefficient (Wildman–Crippen LogP) is 2.29. The van der Waals surface area contributed by atoms with Crippen LogP contribution in [-0.2, 0) is 10.2 Å². The quantitative estimate of drug-likeness (QED) is 0.583. The summed E-state index contributed by atoms with van der Waals surface area (Å²) in [6.45, 7) is 10.2. The molecule has 1 fully saturated rings. The summed E-state index contributed by atoms with van der Waals surface area (Å²) in [5.41, 5.74) is 2.50. The van der Waals surface area contributed by atoms with E-state index in [1.807, 2.05) is 6.07 Å². The first kappa shape index (κ1) is 16.0. The van der Waals surface area contributed by atoms with Crippen LogP contribution in [0.5, 0.6) is 0 Å². The van der Waals surface area contributed by atoms with Gasteiger partial charge in [-0.1, -0.05) is 20.8 Å². The molecule has 6 heteroatoms. The van der Waals surface area contributed by atoms with E-state index in [2.05, 4.69) is 48.4 Å². The van der Waals surface area contributed by atoms with Crippen LogP contribution in [0, 0.1) is 5.92 Å². The van der Waals surface area contributed by atoms with Crippen LogP contribution < -0.4 is 16.6 Å². The second-order valence-electron chi connectivity index (χ2n) is 6.74. The number of rotatable bonds is 4. The van der Waals surface area contributed by atoms with Gasteiger partial charge in [-0.05, 0) is 25.7 Å². The van der Waals surface area contributed by atoms with E-state index in [0.29, 0.717) is 17.8 Å². The Morgan fingerprint density at radius 1 is 1.24 bits per heavy atom. The van der Waals surface area contributed by atoms with E-state index in [4.69, 9.17) is 10.6 Å². The highest BCUT2D eigenvalue weighted by Crippen LogP contribution is 2.25. The van der Waals surface area contributed by atoms with E-state index in [1.165, 1.54) is 0 Å². The van der Waals surface area contributed by atoms with Crippen LogP contribution in [0.2, 0.25) is 0 Å². The molecule has 0 amide bonds. The van der Waals surface area contributed by atoms with Crippen molar-refractivity contribution in [3.8, 4) is 0 Å². The van der Waals surface area contributed by atoms with Crippen molar-refractivity contribution in [1.82, 2.24) is 9.97 Å². The van der Waals surface area contributed by atoms with E-state index >= 15 is 0 Å². The van der Waals surface area contributed by atoms with Gasteiger partial charge >= 0.3 is 0 Å². The number of aromatic nitrogens is 2. The molecule has 1 atom stereocenters. The van der Waals surface area contributed by atoms with Crippen molar-refractivity contribution in [2.45, 2.75) is 52.0 Å². The fourth-order valence-electron chi connectivity index (χ4n) is 2.50. The average Bonchev–Trinajstić information content (AvgIpc) is 2.46. The molecule has 1 saturated heterocycles. The second-order valence-corrected chi connectivity index (χ2v) is 6.74. The smallest absolute Gasteiger partial charge is 0.145 e. The van der Waals surface area contributed by atoms with Crippen molar-refractivity contribution in [3.63, 3.8) is 0 Å². The van der Waals surface area contributed by atoms with E-state index in [1.54, 1.807) is 0 Å². The number of nitrogens with zero attached hydrogens (tertiary/aromatic N) is 2. The largest absolute Gasteiger partial charge is 0.381 e. The minimum atomic E-state index is -0.120. The molecular weight excluding hydrogens is 266 g/mol. The molecule has 1 aromatic heterocycles. The third-order valence-electron chi connectivity index (χ3n) is 3.89. The number of nitrogens with one attached hydrogen (secondary N) is 2. The molecule has 1 aromatic rings. The van der Waals surface area contributed by atoms with Crippen molar-refractivity contribution in [2.75, 3.05) is 24.0 Å². The Morgan fingerprint density at radius 3 is 2.43 bits per heavy atom. The Labute approximate surface area is 126 Å². The summed E-state index contributed by atoms with van der Waals surface area (Å²) in [6.07, 6.45) is 2.18. The number of anilines is 2. The fraction of sp³-hybridized carbons (Fsp3) is 0.733. The molecule has 0 bridgehead atoms. The normalized spacial score (nSPS) is 18.3. The van der Waals surface area contributed by atoms with Crippen LogP contribution >= 0.6 is 0 Å². The van der Waals surface area contributed by atoms with E-state index in [0.717, 1.165) is 37.7 Å². The molecule has 21 heavy (non-hydrogen) atoms.